The number of rotatable bonds is 3. The zero-order chi connectivity index (χ0) is 9.31. The summed E-state index contributed by atoms with van der Waals surface area (Å²) >= 11 is 0. The van der Waals surface area contributed by atoms with Gasteiger partial charge in [-0.15, -0.1) is 0 Å². The molecule has 1 aliphatic rings. The van der Waals surface area contributed by atoms with Gasteiger partial charge in [-0.1, -0.05) is 43.7 Å². The monoisotopic (exact) mass is 176 g/mol. The van der Waals surface area contributed by atoms with Gasteiger partial charge < -0.3 is 4.74 Å². The number of hydrogen-bond acceptors (Lipinski definition) is 1. The van der Waals surface area contributed by atoms with Gasteiger partial charge in [0.1, 0.15) is 5.60 Å². The van der Waals surface area contributed by atoms with Crippen LogP contribution in [0.25, 0.3) is 0 Å². The van der Waals surface area contributed by atoms with E-state index in [1.807, 2.05) is 0 Å². The third-order valence-electron chi connectivity index (χ3n) is 2.87. The smallest absolute Gasteiger partial charge is 0.119 e. The van der Waals surface area contributed by atoms with Crippen molar-refractivity contribution >= 4 is 0 Å². The van der Waals surface area contributed by atoms with Crippen LogP contribution in [-0.2, 0) is 10.3 Å². The second-order valence-corrected chi connectivity index (χ2v) is 3.77. The fraction of sp³-hybridized carbons (Fsp3) is 0.500. The van der Waals surface area contributed by atoms with Crippen molar-refractivity contribution in [3.63, 3.8) is 0 Å². The molecule has 1 heterocycles. The summed E-state index contributed by atoms with van der Waals surface area (Å²) in [6, 6.07) is 10.6. The first kappa shape index (κ1) is 8.76. The molecule has 1 nitrogen and oxygen atoms in total. The van der Waals surface area contributed by atoms with E-state index in [1.54, 1.807) is 0 Å². The van der Waals surface area contributed by atoms with Gasteiger partial charge in [-0.2, -0.15) is 0 Å². The Labute approximate surface area is 79.7 Å². The molecule has 0 amide bonds. The first-order chi connectivity index (χ1) is 6.29. The lowest BCUT2D eigenvalue weighted by Gasteiger charge is -2.11. The Balaban J connectivity index is 2.24. The van der Waals surface area contributed by atoms with Crippen LogP contribution in [0.15, 0.2) is 30.3 Å². The van der Waals surface area contributed by atoms with E-state index >= 15 is 0 Å². The molecule has 1 fully saturated rings. The van der Waals surface area contributed by atoms with Crippen LogP contribution in [0.3, 0.4) is 0 Å². The number of hydrogen-bond donors (Lipinski definition) is 0. The Kier molecular flexibility index (Phi) is 2.12. The molecule has 2 rings (SSSR count). The molecular formula is C12H16O. The summed E-state index contributed by atoms with van der Waals surface area (Å²) < 4.78 is 5.73. The van der Waals surface area contributed by atoms with E-state index in [4.69, 9.17) is 4.74 Å². The summed E-state index contributed by atoms with van der Waals surface area (Å²) in [6.07, 6.45) is 2.71. The van der Waals surface area contributed by atoms with Crippen molar-refractivity contribution in [1.82, 2.24) is 0 Å². The van der Waals surface area contributed by atoms with E-state index in [1.165, 1.54) is 12.0 Å². The van der Waals surface area contributed by atoms with Crippen molar-refractivity contribution < 1.29 is 4.74 Å². The molecule has 1 heteroatoms. The molecule has 0 bridgehead atoms. The normalized spacial score (nSPS) is 31.7. The van der Waals surface area contributed by atoms with Crippen LogP contribution in [0.5, 0.6) is 0 Å². The van der Waals surface area contributed by atoms with Crippen LogP contribution < -0.4 is 0 Å². The average Bonchev–Trinajstić information content (AvgIpc) is 2.80. The second-order valence-electron chi connectivity index (χ2n) is 3.77. The van der Waals surface area contributed by atoms with Gasteiger partial charge in [0.25, 0.3) is 0 Å². The average molecular weight is 176 g/mol. The SMILES string of the molecule is CCCC1(c2ccccc2)OC1C. The van der Waals surface area contributed by atoms with Gasteiger partial charge in [-0.25, -0.2) is 0 Å². The highest BCUT2D eigenvalue weighted by molar-refractivity contribution is 5.28. The molecule has 1 aromatic carbocycles. The first-order valence-electron chi connectivity index (χ1n) is 5.03. The van der Waals surface area contributed by atoms with Gasteiger partial charge in [-0.3, -0.25) is 0 Å². The van der Waals surface area contributed by atoms with Gasteiger partial charge >= 0.3 is 0 Å². The molecule has 0 radical (unpaired) electrons. The first-order valence-corrected chi connectivity index (χ1v) is 5.03. The number of benzene rings is 1. The van der Waals surface area contributed by atoms with Crippen molar-refractivity contribution in [3.05, 3.63) is 35.9 Å². The van der Waals surface area contributed by atoms with Crippen molar-refractivity contribution in [2.24, 2.45) is 0 Å². The highest BCUT2D eigenvalue weighted by Gasteiger charge is 2.53. The predicted octanol–water partition coefficient (Wildman–Crippen LogP) is 3.10. The Hall–Kier alpha value is -0.820. The third-order valence-corrected chi connectivity index (χ3v) is 2.87. The Morgan fingerprint density at radius 1 is 1.31 bits per heavy atom. The highest BCUT2D eigenvalue weighted by atomic mass is 16.6. The molecule has 0 N–H and O–H groups in total. The van der Waals surface area contributed by atoms with E-state index in [0.717, 1.165) is 6.42 Å². The molecule has 1 saturated heterocycles. The van der Waals surface area contributed by atoms with E-state index in [0.29, 0.717) is 6.10 Å². The van der Waals surface area contributed by atoms with Crippen molar-refractivity contribution in [2.75, 3.05) is 0 Å². The lowest BCUT2D eigenvalue weighted by atomic mass is 9.91. The topological polar surface area (TPSA) is 12.5 Å². The minimum absolute atomic E-state index is 0.0516. The van der Waals surface area contributed by atoms with E-state index in [2.05, 4.69) is 44.2 Å². The van der Waals surface area contributed by atoms with Gasteiger partial charge in [-0.05, 0) is 18.9 Å². The summed E-state index contributed by atoms with van der Waals surface area (Å²) in [5, 5.41) is 0. The zero-order valence-corrected chi connectivity index (χ0v) is 8.29. The summed E-state index contributed by atoms with van der Waals surface area (Å²) in [6.45, 7) is 4.36. The summed E-state index contributed by atoms with van der Waals surface area (Å²) in [5.41, 5.74) is 1.39. The van der Waals surface area contributed by atoms with Crippen molar-refractivity contribution in [1.29, 1.82) is 0 Å². The summed E-state index contributed by atoms with van der Waals surface area (Å²) in [5.74, 6) is 0. The van der Waals surface area contributed by atoms with Crippen LogP contribution >= 0.6 is 0 Å². The van der Waals surface area contributed by atoms with Crippen LogP contribution in [0.4, 0.5) is 0 Å². The molecule has 0 saturated carbocycles. The lowest BCUT2D eigenvalue weighted by Crippen LogP contribution is -2.10. The van der Waals surface area contributed by atoms with Crippen LogP contribution in [0.1, 0.15) is 32.3 Å². The number of epoxide rings is 1. The minimum Gasteiger partial charge on any atom is -0.361 e. The third kappa shape index (κ3) is 1.37. The number of ether oxygens (including phenoxy) is 1. The molecule has 2 unspecified atom stereocenters. The molecule has 0 aliphatic carbocycles. The summed E-state index contributed by atoms with van der Waals surface area (Å²) in [4.78, 5) is 0. The predicted molar refractivity (Wildman–Crippen MR) is 53.6 cm³/mol. The van der Waals surface area contributed by atoms with Gasteiger partial charge in [0, 0.05) is 0 Å². The Morgan fingerprint density at radius 2 is 1.92 bits per heavy atom. The van der Waals surface area contributed by atoms with Crippen LogP contribution in [0, 0.1) is 0 Å². The lowest BCUT2D eigenvalue weighted by molar-refractivity contribution is 0.283. The largest absolute Gasteiger partial charge is 0.361 e. The molecule has 1 aromatic rings. The zero-order valence-electron chi connectivity index (χ0n) is 8.29. The highest BCUT2D eigenvalue weighted by Crippen LogP contribution is 2.49. The minimum atomic E-state index is 0.0516. The molecule has 1 aliphatic heterocycles. The molecular weight excluding hydrogens is 160 g/mol. The maximum absolute atomic E-state index is 5.73. The van der Waals surface area contributed by atoms with Crippen LogP contribution in [-0.4, -0.2) is 6.10 Å². The van der Waals surface area contributed by atoms with Gasteiger partial charge in [0.05, 0.1) is 6.10 Å². The van der Waals surface area contributed by atoms with Gasteiger partial charge in [0.15, 0.2) is 0 Å². The van der Waals surface area contributed by atoms with Crippen LogP contribution in [0.2, 0.25) is 0 Å². The van der Waals surface area contributed by atoms with E-state index in [9.17, 15) is 0 Å². The molecule has 13 heavy (non-hydrogen) atoms. The molecule has 70 valence electrons. The molecule has 2 atom stereocenters. The standard InChI is InChI=1S/C12H16O/c1-3-9-12(10(2)13-12)11-7-5-4-6-8-11/h4-8,10H,3,9H2,1-2H3. The maximum Gasteiger partial charge on any atom is 0.119 e. The maximum atomic E-state index is 5.73. The quantitative estimate of drug-likeness (QED) is 0.645. The fourth-order valence-electron chi connectivity index (χ4n) is 2.08. The van der Waals surface area contributed by atoms with E-state index in [-0.39, 0.29) is 5.60 Å². The Bertz CT molecular complexity index is 280. The van der Waals surface area contributed by atoms with Gasteiger partial charge in [0.2, 0.25) is 0 Å². The van der Waals surface area contributed by atoms with Crippen molar-refractivity contribution in [2.45, 2.75) is 38.4 Å². The van der Waals surface area contributed by atoms with Crippen molar-refractivity contribution in [3.8, 4) is 0 Å². The Morgan fingerprint density at radius 3 is 2.38 bits per heavy atom. The fourth-order valence-corrected chi connectivity index (χ4v) is 2.08. The summed E-state index contributed by atoms with van der Waals surface area (Å²) in [7, 11) is 0. The second kappa shape index (κ2) is 3.15. The molecule has 0 spiro atoms. The van der Waals surface area contributed by atoms with E-state index < -0.39 is 0 Å². The molecule has 0 aromatic heterocycles.